The molecule has 6 nitrogen and oxygen atoms in total. The van der Waals surface area contributed by atoms with Crippen molar-refractivity contribution in [2.45, 2.75) is 51.2 Å². The molecule has 0 aliphatic carbocycles. The molecule has 1 aromatic heterocycles. The van der Waals surface area contributed by atoms with Gasteiger partial charge in [0.25, 0.3) is 0 Å². The Bertz CT molecular complexity index is 826. The normalized spacial score (nSPS) is 19.5. The summed E-state index contributed by atoms with van der Waals surface area (Å²) in [5.74, 6) is 2.93. The number of hydrogen-bond acceptors (Lipinski definition) is 4. The zero-order valence-electron chi connectivity index (χ0n) is 19.4. The molecule has 1 aromatic carbocycles. The number of benzene rings is 1. The monoisotopic (exact) mass is 551 g/mol. The summed E-state index contributed by atoms with van der Waals surface area (Å²) in [5.41, 5.74) is 1.40. The van der Waals surface area contributed by atoms with Crippen LogP contribution in [0.3, 0.4) is 0 Å². The standard InChI is InChI=1S/C25H37N5O.HI/c1-20-10-11-24(31-20)23(30-14-6-7-15-30)18-27-25(26-2)28-22-12-16-29(17-13-22)19-21-8-4-3-5-9-21;/h3-5,8-11,22-23H,6-7,12-19H2,1-2H3,(H2,26,27,28);1H. The number of nitrogens with one attached hydrogen (secondary N) is 2. The van der Waals surface area contributed by atoms with Gasteiger partial charge in [-0.2, -0.15) is 0 Å². The van der Waals surface area contributed by atoms with Gasteiger partial charge in [-0.25, -0.2) is 0 Å². The summed E-state index contributed by atoms with van der Waals surface area (Å²) in [6.07, 6.45) is 4.82. The van der Waals surface area contributed by atoms with Crippen molar-refractivity contribution in [3.63, 3.8) is 0 Å². The Morgan fingerprint density at radius 1 is 1.06 bits per heavy atom. The van der Waals surface area contributed by atoms with Crippen LogP contribution in [-0.2, 0) is 6.54 Å². The maximum Gasteiger partial charge on any atom is 0.191 e. The number of hydrogen-bond donors (Lipinski definition) is 2. The Labute approximate surface area is 209 Å². The van der Waals surface area contributed by atoms with Crippen molar-refractivity contribution in [2.24, 2.45) is 4.99 Å². The predicted octanol–water partition coefficient (Wildman–Crippen LogP) is 4.17. The maximum atomic E-state index is 5.99. The highest BCUT2D eigenvalue weighted by atomic mass is 127. The SMILES string of the molecule is CN=C(NCC(c1ccc(C)o1)N1CCCC1)NC1CCN(Cc2ccccc2)CC1.I. The van der Waals surface area contributed by atoms with E-state index >= 15 is 0 Å². The molecule has 0 saturated carbocycles. The van der Waals surface area contributed by atoms with Crippen molar-refractivity contribution in [3.05, 3.63) is 59.5 Å². The topological polar surface area (TPSA) is 56.0 Å². The maximum absolute atomic E-state index is 5.99. The molecule has 2 N–H and O–H groups in total. The van der Waals surface area contributed by atoms with Crippen LogP contribution in [0.2, 0.25) is 0 Å². The third-order valence-electron chi connectivity index (χ3n) is 6.53. The zero-order valence-corrected chi connectivity index (χ0v) is 21.8. The first kappa shape index (κ1) is 25.1. The van der Waals surface area contributed by atoms with E-state index in [1.54, 1.807) is 0 Å². The fourth-order valence-electron chi connectivity index (χ4n) is 4.75. The minimum absolute atomic E-state index is 0. The Kier molecular flexibility index (Phi) is 9.87. The van der Waals surface area contributed by atoms with Crippen LogP contribution in [0.25, 0.3) is 0 Å². The van der Waals surface area contributed by atoms with Crippen molar-refractivity contribution in [1.82, 2.24) is 20.4 Å². The van der Waals surface area contributed by atoms with E-state index in [4.69, 9.17) is 4.42 Å². The number of guanidine groups is 1. The molecule has 1 atom stereocenters. The number of furan rings is 1. The van der Waals surface area contributed by atoms with Crippen LogP contribution in [0.4, 0.5) is 0 Å². The van der Waals surface area contributed by atoms with Gasteiger partial charge in [0.05, 0.1) is 6.04 Å². The van der Waals surface area contributed by atoms with E-state index in [-0.39, 0.29) is 30.0 Å². The second-order valence-corrected chi connectivity index (χ2v) is 8.84. The van der Waals surface area contributed by atoms with Crippen molar-refractivity contribution in [3.8, 4) is 0 Å². The van der Waals surface area contributed by atoms with Crippen LogP contribution in [0.15, 0.2) is 51.9 Å². The molecule has 1 unspecified atom stereocenters. The zero-order chi connectivity index (χ0) is 21.5. The molecule has 7 heteroatoms. The Balaban J connectivity index is 0.00000289. The second-order valence-electron chi connectivity index (χ2n) is 8.84. The average Bonchev–Trinajstić information content (AvgIpc) is 3.47. The molecule has 2 saturated heterocycles. The highest BCUT2D eigenvalue weighted by molar-refractivity contribution is 14.0. The Hall–Kier alpha value is -1.58. The van der Waals surface area contributed by atoms with Gasteiger partial charge in [-0.3, -0.25) is 14.8 Å². The fourth-order valence-corrected chi connectivity index (χ4v) is 4.75. The first-order valence-electron chi connectivity index (χ1n) is 11.7. The van der Waals surface area contributed by atoms with Gasteiger partial charge in [-0.15, -0.1) is 24.0 Å². The summed E-state index contributed by atoms with van der Waals surface area (Å²) >= 11 is 0. The molecule has 0 amide bonds. The molecule has 3 heterocycles. The van der Waals surface area contributed by atoms with Crippen molar-refractivity contribution < 1.29 is 4.42 Å². The van der Waals surface area contributed by atoms with E-state index in [2.05, 4.69) is 67.9 Å². The largest absolute Gasteiger partial charge is 0.465 e. The van der Waals surface area contributed by atoms with Gasteiger partial charge in [0.15, 0.2) is 5.96 Å². The van der Waals surface area contributed by atoms with E-state index in [1.807, 2.05) is 14.0 Å². The number of aryl methyl sites for hydroxylation is 1. The van der Waals surface area contributed by atoms with Gasteiger partial charge in [0, 0.05) is 39.3 Å². The molecule has 2 aliphatic heterocycles. The van der Waals surface area contributed by atoms with Crippen molar-refractivity contribution >= 4 is 29.9 Å². The van der Waals surface area contributed by atoms with Gasteiger partial charge in [-0.1, -0.05) is 30.3 Å². The molecular weight excluding hydrogens is 513 g/mol. The summed E-state index contributed by atoms with van der Waals surface area (Å²) in [6, 6.07) is 15.7. The van der Waals surface area contributed by atoms with Crippen LogP contribution in [0.5, 0.6) is 0 Å². The molecule has 176 valence electrons. The molecule has 4 rings (SSSR count). The van der Waals surface area contributed by atoms with Gasteiger partial charge in [0.1, 0.15) is 11.5 Å². The first-order chi connectivity index (χ1) is 15.2. The van der Waals surface area contributed by atoms with Gasteiger partial charge >= 0.3 is 0 Å². The van der Waals surface area contributed by atoms with Gasteiger partial charge < -0.3 is 15.1 Å². The highest BCUT2D eigenvalue weighted by Gasteiger charge is 2.26. The minimum Gasteiger partial charge on any atom is -0.465 e. The molecule has 2 aromatic rings. The highest BCUT2D eigenvalue weighted by Crippen LogP contribution is 2.26. The molecule has 0 bridgehead atoms. The third kappa shape index (κ3) is 6.96. The minimum atomic E-state index is 0. The Morgan fingerprint density at radius 2 is 1.78 bits per heavy atom. The lowest BCUT2D eigenvalue weighted by Crippen LogP contribution is -2.49. The Morgan fingerprint density at radius 3 is 2.41 bits per heavy atom. The van der Waals surface area contributed by atoms with Crippen LogP contribution in [-0.4, -0.2) is 61.6 Å². The molecule has 2 aliphatic rings. The van der Waals surface area contributed by atoms with Crippen molar-refractivity contribution in [2.75, 3.05) is 39.8 Å². The number of rotatable bonds is 7. The summed E-state index contributed by atoms with van der Waals surface area (Å²) in [7, 11) is 1.86. The van der Waals surface area contributed by atoms with Crippen LogP contribution >= 0.6 is 24.0 Å². The molecular formula is C25H38IN5O. The van der Waals surface area contributed by atoms with E-state index in [1.165, 1.54) is 18.4 Å². The number of piperidine rings is 1. The summed E-state index contributed by atoms with van der Waals surface area (Å²) in [5, 5.41) is 7.23. The third-order valence-corrected chi connectivity index (χ3v) is 6.53. The quantitative estimate of drug-likeness (QED) is 0.308. The van der Waals surface area contributed by atoms with E-state index < -0.39 is 0 Å². The summed E-state index contributed by atoms with van der Waals surface area (Å²) in [4.78, 5) is 9.57. The molecule has 32 heavy (non-hydrogen) atoms. The number of likely N-dealkylation sites (tertiary alicyclic amines) is 2. The number of halogens is 1. The first-order valence-corrected chi connectivity index (χ1v) is 11.7. The lowest BCUT2D eigenvalue weighted by Gasteiger charge is -2.33. The average molecular weight is 552 g/mol. The van der Waals surface area contributed by atoms with E-state index in [0.29, 0.717) is 6.04 Å². The lowest BCUT2D eigenvalue weighted by molar-refractivity contribution is 0.197. The van der Waals surface area contributed by atoms with Gasteiger partial charge in [0.2, 0.25) is 0 Å². The van der Waals surface area contributed by atoms with Crippen molar-refractivity contribution in [1.29, 1.82) is 0 Å². The lowest BCUT2D eigenvalue weighted by atomic mass is 10.0. The summed E-state index contributed by atoms with van der Waals surface area (Å²) < 4.78 is 5.99. The number of nitrogens with zero attached hydrogens (tertiary/aromatic N) is 3. The van der Waals surface area contributed by atoms with E-state index in [9.17, 15) is 0 Å². The van der Waals surface area contributed by atoms with Crippen LogP contribution in [0, 0.1) is 6.92 Å². The molecule has 2 fully saturated rings. The predicted molar refractivity (Wildman–Crippen MR) is 142 cm³/mol. The van der Waals surface area contributed by atoms with E-state index in [0.717, 1.165) is 69.6 Å². The summed E-state index contributed by atoms with van der Waals surface area (Å²) in [6.45, 7) is 8.37. The smallest absolute Gasteiger partial charge is 0.191 e. The number of aliphatic imine (C=N–C) groups is 1. The fraction of sp³-hybridized carbons (Fsp3) is 0.560. The molecule has 0 radical (unpaired) electrons. The van der Waals surface area contributed by atoms with Gasteiger partial charge in [-0.05, 0) is 63.4 Å². The second kappa shape index (κ2) is 12.6. The van der Waals surface area contributed by atoms with Crippen LogP contribution < -0.4 is 10.6 Å². The van der Waals surface area contributed by atoms with Crippen LogP contribution in [0.1, 0.15) is 48.8 Å². The molecule has 0 spiro atoms.